The Morgan fingerprint density at radius 1 is 1.14 bits per heavy atom. The molecule has 4 rings (SSSR count). The Bertz CT molecular complexity index is 1040. The fraction of sp³-hybridized carbons (Fsp3) is 0.364. The highest BCUT2D eigenvalue weighted by Crippen LogP contribution is 2.26. The van der Waals surface area contributed by atoms with Gasteiger partial charge in [0.2, 0.25) is 0 Å². The summed E-state index contributed by atoms with van der Waals surface area (Å²) in [5, 5.41) is 0.524. The van der Waals surface area contributed by atoms with Gasteiger partial charge >= 0.3 is 0 Å². The van der Waals surface area contributed by atoms with Crippen LogP contribution in [0, 0.1) is 0 Å². The summed E-state index contributed by atoms with van der Waals surface area (Å²) < 4.78 is 1.44. The second-order valence-corrected chi connectivity index (χ2v) is 7.44. The monoisotopic (exact) mass is 376 g/mol. The zero-order chi connectivity index (χ0) is 19.5. The first-order valence-corrected chi connectivity index (χ1v) is 9.80. The zero-order valence-corrected chi connectivity index (χ0v) is 16.0. The number of fused-ring (bicyclic) bond motifs is 1. The van der Waals surface area contributed by atoms with Crippen LogP contribution in [0.15, 0.2) is 53.7 Å². The summed E-state index contributed by atoms with van der Waals surface area (Å²) in [7, 11) is 1.67. The van der Waals surface area contributed by atoms with Gasteiger partial charge in [-0.2, -0.15) is 0 Å². The Morgan fingerprint density at radius 3 is 2.71 bits per heavy atom. The van der Waals surface area contributed by atoms with E-state index in [1.54, 1.807) is 31.4 Å². The molecule has 0 atom stereocenters. The number of pyridine rings is 1. The molecule has 2 heterocycles. The molecular formula is C22H24N4O2. The number of benzene rings is 1. The smallest absolute Gasteiger partial charge is 0.260 e. The first kappa shape index (κ1) is 18.3. The van der Waals surface area contributed by atoms with Crippen molar-refractivity contribution >= 4 is 16.8 Å². The van der Waals surface area contributed by atoms with Crippen molar-refractivity contribution < 1.29 is 4.79 Å². The van der Waals surface area contributed by atoms with Crippen LogP contribution >= 0.6 is 0 Å². The third kappa shape index (κ3) is 3.67. The number of carbonyl (C=O) groups is 1. The second-order valence-electron chi connectivity index (χ2n) is 7.44. The number of nitrogens with zero attached hydrogens (tertiary/aromatic N) is 4. The van der Waals surface area contributed by atoms with Crippen molar-refractivity contribution in [3.63, 3.8) is 0 Å². The SMILES string of the molecule is Cn1cnc2cc(C(=O)N(Cc3ccccn3)C3CCCCC3)ccc2c1=O. The lowest BCUT2D eigenvalue weighted by Gasteiger charge is -2.34. The lowest BCUT2D eigenvalue weighted by atomic mass is 9.93. The van der Waals surface area contributed by atoms with E-state index >= 15 is 0 Å². The number of amides is 1. The Hall–Kier alpha value is -3.02. The van der Waals surface area contributed by atoms with Gasteiger partial charge in [0.05, 0.1) is 29.5 Å². The summed E-state index contributed by atoms with van der Waals surface area (Å²) in [6.07, 6.45) is 8.81. The van der Waals surface area contributed by atoms with E-state index in [0.717, 1.165) is 31.4 Å². The molecule has 1 aliphatic carbocycles. The van der Waals surface area contributed by atoms with Gasteiger partial charge in [-0.15, -0.1) is 0 Å². The number of hydrogen-bond acceptors (Lipinski definition) is 4. The van der Waals surface area contributed by atoms with E-state index in [2.05, 4.69) is 9.97 Å². The van der Waals surface area contributed by atoms with E-state index in [4.69, 9.17) is 0 Å². The summed E-state index contributed by atoms with van der Waals surface area (Å²) in [6.45, 7) is 0.492. The van der Waals surface area contributed by atoms with E-state index in [1.165, 1.54) is 17.3 Å². The third-order valence-corrected chi connectivity index (χ3v) is 5.50. The number of aryl methyl sites for hydroxylation is 1. The summed E-state index contributed by atoms with van der Waals surface area (Å²) in [5.41, 5.74) is 1.89. The standard InChI is InChI=1S/C22H24N4O2/c1-25-15-24-20-13-16(10-11-19(20)22(25)28)21(27)26(18-8-3-2-4-9-18)14-17-7-5-6-12-23-17/h5-7,10-13,15,18H,2-4,8-9,14H2,1H3. The quantitative estimate of drug-likeness (QED) is 0.701. The molecule has 1 aliphatic rings. The van der Waals surface area contributed by atoms with Gasteiger partial charge in [-0.1, -0.05) is 25.3 Å². The predicted molar refractivity (Wildman–Crippen MR) is 108 cm³/mol. The fourth-order valence-electron chi connectivity index (χ4n) is 3.94. The minimum atomic E-state index is -0.110. The molecular weight excluding hydrogens is 352 g/mol. The van der Waals surface area contributed by atoms with Crippen LogP contribution in [-0.4, -0.2) is 31.4 Å². The van der Waals surface area contributed by atoms with Crippen LogP contribution in [0.5, 0.6) is 0 Å². The third-order valence-electron chi connectivity index (χ3n) is 5.50. The second kappa shape index (κ2) is 7.92. The van der Waals surface area contributed by atoms with Gasteiger partial charge in [-0.25, -0.2) is 4.98 Å². The minimum Gasteiger partial charge on any atom is -0.330 e. The molecule has 0 spiro atoms. The molecule has 1 aromatic carbocycles. The average molecular weight is 376 g/mol. The van der Waals surface area contributed by atoms with Crippen LogP contribution in [0.4, 0.5) is 0 Å². The number of aromatic nitrogens is 3. The minimum absolute atomic E-state index is 0.0260. The van der Waals surface area contributed by atoms with E-state index in [9.17, 15) is 9.59 Å². The maximum Gasteiger partial charge on any atom is 0.260 e. The number of hydrogen-bond donors (Lipinski definition) is 0. The molecule has 0 bridgehead atoms. The van der Waals surface area contributed by atoms with Gasteiger partial charge in [0, 0.05) is 24.8 Å². The van der Waals surface area contributed by atoms with Gasteiger partial charge in [0.1, 0.15) is 0 Å². The molecule has 0 unspecified atom stereocenters. The molecule has 0 N–H and O–H groups in total. The normalized spacial score (nSPS) is 14.9. The largest absolute Gasteiger partial charge is 0.330 e. The van der Waals surface area contributed by atoms with E-state index in [-0.39, 0.29) is 17.5 Å². The molecule has 1 saturated carbocycles. The van der Waals surface area contributed by atoms with Gasteiger partial charge in [-0.05, 0) is 43.2 Å². The molecule has 3 aromatic rings. The molecule has 0 saturated heterocycles. The van der Waals surface area contributed by atoms with Crippen molar-refractivity contribution in [3.05, 3.63) is 70.5 Å². The Balaban J connectivity index is 1.68. The number of carbonyl (C=O) groups excluding carboxylic acids is 1. The first-order valence-electron chi connectivity index (χ1n) is 9.80. The maximum absolute atomic E-state index is 13.4. The van der Waals surface area contributed by atoms with Crippen molar-refractivity contribution in [2.24, 2.45) is 7.05 Å². The molecule has 6 heteroatoms. The van der Waals surface area contributed by atoms with Crippen LogP contribution in [0.2, 0.25) is 0 Å². The van der Waals surface area contributed by atoms with Crippen molar-refractivity contribution in [1.82, 2.24) is 19.4 Å². The van der Waals surface area contributed by atoms with Gasteiger partial charge in [-0.3, -0.25) is 14.6 Å². The van der Waals surface area contributed by atoms with E-state index in [1.807, 2.05) is 23.1 Å². The zero-order valence-electron chi connectivity index (χ0n) is 16.0. The molecule has 0 radical (unpaired) electrons. The molecule has 1 amide bonds. The maximum atomic E-state index is 13.4. The van der Waals surface area contributed by atoms with E-state index in [0.29, 0.717) is 23.0 Å². The van der Waals surface area contributed by atoms with Crippen molar-refractivity contribution in [3.8, 4) is 0 Å². The highest BCUT2D eigenvalue weighted by Gasteiger charge is 2.27. The van der Waals surface area contributed by atoms with Crippen LogP contribution < -0.4 is 5.56 Å². The lowest BCUT2D eigenvalue weighted by molar-refractivity contribution is 0.0611. The van der Waals surface area contributed by atoms with Gasteiger partial charge in [0.25, 0.3) is 11.5 Å². The summed E-state index contributed by atoms with van der Waals surface area (Å²) in [6, 6.07) is 11.2. The highest BCUT2D eigenvalue weighted by atomic mass is 16.2. The Kier molecular flexibility index (Phi) is 5.19. The summed E-state index contributed by atoms with van der Waals surface area (Å²) in [5.74, 6) is -0.0260. The van der Waals surface area contributed by atoms with Crippen LogP contribution in [0.25, 0.3) is 10.9 Å². The Morgan fingerprint density at radius 2 is 1.96 bits per heavy atom. The molecule has 28 heavy (non-hydrogen) atoms. The molecule has 144 valence electrons. The first-order chi connectivity index (χ1) is 13.6. The predicted octanol–water partition coefficient (Wildman–Crippen LogP) is 3.30. The molecule has 0 aliphatic heterocycles. The van der Waals surface area contributed by atoms with Crippen LogP contribution in [0.3, 0.4) is 0 Å². The van der Waals surface area contributed by atoms with E-state index < -0.39 is 0 Å². The molecule has 6 nitrogen and oxygen atoms in total. The number of rotatable bonds is 4. The average Bonchev–Trinajstić information content (AvgIpc) is 2.75. The summed E-state index contributed by atoms with van der Waals surface area (Å²) in [4.78, 5) is 36.4. The lowest BCUT2D eigenvalue weighted by Crippen LogP contribution is -2.41. The van der Waals surface area contributed by atoms with Gasteiger partial charge < -0.3 is 9.47 Å². The fourth-order valence-corrected chi connectivity index (χ4v) is 3.94. The van der Waals surface area contributed by atoms with Gasteiger partial charge in [0.15, 0.2) is 0 Å². The van der Waals surface area contributed by atoms with Crippen LogP contribution in [-0.2, 0) is 13.6 Å². The van der Waals surface area contributed by atoms with Crippen molar-refractivity contribution in [2.45, 2.75) is 44.7 Å². The molecule has 1 fully saturated rings. The Labute approximate surface area is 163 Å². The topological polar surface area (TPSA) is 68.1 Å². The van der Waals surface area contributed by atoms with Crippen LogP contribution in [0.1, 0.15) is 48.2 Å². The highest BCUT2D eigenvalue weighted by molar-refractivity contribution is 5.97. The van der Waals surface area contributed by atoms with Crippen molar-refractivity contribution in [1.29, 1.82) is 0 Å². The van der Waals surface area contributed by atoms with Crippen molar-refractivity contribution in [2.75, 3.05) is 0 Å². The molecule has 2 aromatic heterocycles. The summed E-state index contributed by atoms with van der Waals surface area (Å²) >= 11 is 0.